The summed E-state index contributed by atoms with van der Waals surface area (Å²) in [4.78, 5) is 0. The van der Waals surface area contributed by atoms with Gasteiger partial charge in [-0.15, -0.1) is 0 Å². The number of hydrogen-bond acceptors (Lipinski definition) is 3. The maximum atomic E-state index is 11.1. The van der Waals surface area contributed by atoms with Gasteiger partial charge in [0.05, 0.1) is 12.4 Å². The van der Waals surface area contributed by atoms with Crippen LogP contribution in [-0.4, -0.2) is 27.4 Å². The van der Waals surface area contributed by atoms with Crippen molar-refractivity contribution in [3.05, 3.63) is 0 Å². The summed E-state index contributed by atoms with van der Waals surface area (Å²) in [6.45, 7) is 3.35. The molecule has 1 rings (SSSR count). The SMILES string of the molecule is CCCC(COCC1CCCCC1)CS(=O)(=O)Cl. The Labute approximate surface area is 116 Å². The molecule has 1 fully saturated rings. The third kappa shape index (κ3) is 7.59. The van der Waals surface area contributed by atoms with Crippen molar-refractivity contribution in [2.45, 2.75) is 51.9 Å². The Balaban J connectivity index is 2.23. The second-order valence-electron chi connectivity index (χ2n) is 5.40. The van der Waals surface area contributed by atoms with Crippen LogP contribution >= 0.6 is 10.7 Å². The van der Waals surface area contributed by atoms with Crippen LogP contribution in [0, 0.1) is 11.8 Å². The largest absolute Gasteiger partial charge is 0.381 e. The van der Waals surface area contributed by atoms with E-state index in [1.165, 1.54) is 32.1 Å². The predicted molar refractivity (Wildman–Crippen MR) is 75.4 cm³/mol. The zero-order valence-corrected chi connectivity index (χ0v) is 12.8. The Bertz CT molecular complexity index is 310. The Hall–Kier alpha value is 0.200. The Kier molecular flexibility index (Phi) is 7.57. The lowest BCUT2D eigenvalue weighted by Gasteiger charge is -2.22. The predicted octanol–water partition coefficient (Wildman–Crippen LogP) is 3.57. The maximum Gasteiger partial charge on any atom is 0.232 e. The van der Waals surface area contributed by atoms with E-state index in [1.807, 2.05) is 0 Å². The highest BCUT2D eigenvalue weighted by atomic mass is 35.7. The van der Waals surface area contributed by atoms with Crippen molar-refractivity contribution < 1.29 is 13.2 Å². The fourth-order valence-corrected chi connectivity index (χ4v) is 4.02. The van der Waals surface area contributed by atoms with Gasteiger partial charge in [-0.1, -0.05) is 32.6 Å². The summed E-state index contributed by atoms with van der Waals surface area (Å²) < 4.78 is 27.9. The van der Waals surface area contributed by atoms with E-state index >= 15 is 0 Å². The van der Waals surface area contributed by atoms with E-state index in [4.69, 9.17) is 15.4 Å². The second kappa shape index (κ2) is 8.39. The van der Waals surface area contributed by atoms with Crippen molar-refractivity contribution in [1.29, 1.82) is 0 Å². The van der Waals surface area contributed by atoms with E-state index in [9.17, 15) is 8.42 Å². The standard InChI is InChI=1S/C13H25ClO3S/c1-2-6-13(11-18(14,15)16)10-17-9-12-7-4-3-5-8-12/h12-13H,2-11H2,1H3. The lowest BCUT2D eigenvalue weighted by atomic mass is 9.90. The van der Waals surface area contributed by atoms with Crippen molar-refractivity contribution >= 4 is 19.7 Å². The lowest BCUT2D eigenvalue weighted by molar-refractivity contribution is 0.0628. The van der Waals surface area contributed by atoms with Gasteiger partial charge in [-0.2, -0.15) is 0 Å². The minimum atomic E-state index is -3.41. The van der Waals surface area contributed by atoms with Gasteiger partial charge < -0.3 is 4.74 Å². The molecule has 0 aromatic heterocycles. The van der Waals surface area contributed by atoms with Crippen molar-refractivity contribution in [3.63, 3.8) is 0 Å². The van der Waals surface area contributed by atoms with Crippen LogP contribution in [0.3, 0.4) is 0 Å². The normalized spacial score (nSPS) is 19.9. The molecule has 0 spiro atoms. The van der Waals surface area contributed by atoms with Gasteiger partial charge in [0.2, 0.25) is 9.05 Å². The fourth-order valence-electron chi connectivity index (χ4n) is 2.66. The fraction of sp³-hybridized carbons (Fsp3) is 1.00. The third-order valence-electron chi connectivity index (χ3n) is 3.56. The van der Waals surface area contributed by atoms with Gasteiger partial charge in [-0.05, 0) is 31.1 Å². The first-order valence-corrected chi connectivity index (χ1v) is 9.49. The second-order valence-corrected chi connectivity index (χ2v) is 8.22. The summed E-state index contributed by atoms with van der Waals surface area (Å²) in [5.41, 5.74) is 0. The van der Waals surface area contributed by atoms with Crippen molar-refractivity contribution in [2.75, 3.05) is 19.0 Å². The maximum absolute atomic E-state index is 11.1. The summed E-state index contributed by atoms with van der Waals surface area (Å²) in [5.74, 6) is 0.752. The van der Waals surface area contributed by atoms with E-state index in [-0.39, 0.29) is 11.7 Å². The number of halogens is 1. The molecule has 1 aliphatic rings. The van der Waals surface area contributed by atoms with Crippen LogP contribution in [0.15, 0.2) is 0 Å². The summed E-state index contributed by atoms with van der Waals surface area (Å²) in [5, 5.41) is 0. The Morgan fingerprint density at radius 1 is 1.28 bits per heavy atom. The zero-order valence-electron chi connectivity index (χ0n) is 11.2. The molecule has 108 valence electrons. The first-order valence-electron chi connectivity index (χ1n) is 7.01. The molecule has 0 heterocycles. The average Bonchev–Trinajstić information content (AvgIpc) is 2.28. The van der Waals surface area contributed by atoms with Crippen molar-refractivity contribution in [1.82, 2.24) is 0 Å². The molecule has 0 N–H and O–H groups in total. The van der Waals surface area contributed by atoms with Crippen LogP contribution in [0.25, 0.3) is 0 Å². The molecule has 0 aromatic rings. The van der Waals surface area contributed by atoms with Gasteiger partial charge in [-0.3, -0.25) is 0 Å². The molecule has 1 aliphatic carbocycles. The van der Waals surface area contributed by atoms with Gasteiger partial charge in [0, 0.05) is 17.3 Å². The highest BCUT2D eigenvalue weighted by Crippen LogP contribution is 2.24. The first kappa shape index (κ1) is 16.3. The molecule has 0 amide bonds. The molecule has 3 nitrogen and oxygen atoms in total. The molecule has 0 bridgehead atoms. The smallest absolute Gasteiger partial charge is 0.232 e. The quantitative estimate of drug-likeness (QED) is 0.643. The van der Waals surface area contributed by atoms with Crippen LogP contribution < -0.4 is 0 Å². The molecule has 1 unspecified atom stereocenters. The minimum Gasteiger partial charge on any atom is -0.381 e. The van der Waals surface area contributed by atoms with E-state index in [1.54, 1.807) is 0 Å². The summed E-state index contributed by atoms with van der Waals surface area (Å²) in [7, 11) is 1.90. The molecule has 0 aromatic carbocycles. The van der Waals surface area contributed by atoms with Crippen LogP contribution in [0.2, 0.25) is 0 Å². The summed E-state index contributed by atoms with van der Waals surface area (Å²) >= 11 is 0. The molecular weight excluding hydrogens is 272 g/mol. The lowest BCUT2D eigenvalue weighted by Crippen LogP contribution is -2.21. The van der Waals surface area contributed by atoms with Gasteiger partial charge in [0.15, 0.2) is 0 Å². The van der Waals surface area contributed by atoms with Crippen molar-refractivity contribution in [2.24, 2.45) is 11.8 Å². The number of hydrogen-bond donors (Lipinski definition) is 0. The van der Waals surface area contributed by atoms with Gasteiger partial charge in [0.25, 0.3) is 0 Å². The van der Waals surface area contributed by atoms with E-state index in [0.29, 0.717) is 12.5 Å². The van der Waals surface area contributed by atoms with Crippen LogP contribution in [-0.2, 0) is 13.8 Å². The van der Waals surface area contributed by atoms with Gasteiger partial charge >= 0.3 is 0 Å². The molecule has 0 radical (unpaired) electrons. The molecule has 1 atom stereocenters. The zero-order chi connectivity index (χ0) is 13.4. The average molecular weight is 297 g/mol. The topological polar surface area (TPSA) is 43.4 Å². The number of ether oxygens (including phenoxy) is 1. The molecule has 0 saturated heterocycles. The van der Waals surface area contributed by atoms with Crippen molar-refractivity contribution in [3.8, 4) is 0 Å². The van der Waals surface area contributed by atoms with Gasteiger partial charge in [-0.25, -0.2) is 8.42 Å². The highest BCUT2D eigenvalue weighted by Gasteiger charge is 2.18. The highest BCUT2D eigenvalue weighted by molar-refractivity contribution is 8.13. The number of rotatable bonds is 8. The third-order valence-corrected chi connectivity index (χ3v) is 4.81. The van der Waals surface area contributed by atoms with Crippen LogP contribution in [0.1, 0.15) is 51.9 Å². The molecule has 1 saturated carbocycles. The first-order chi connectivity index (χ1) is 8.51. The monoisotopic (exact) mass is 296 g/mol. The summed E-state index contributed by atoms with van der Waals surface area (Å²) in [6.07, 6.45) is 8.30. The minimum absolute atomic E-state index is 0.0348. The van der Waals surface area contributed by atoms with Gasteiger partial charge in [0.1, 0.15) is 0 Å². The Morgan fingerprint density at radius 2 is 1.94 bits per heavy atom. The molecule has 5 heteroatoms. The molecule has 18 heavy (non-hydrogen) atoms. The van der Waals surface area contributed by atoms with E-state index in [0.717, 1.165) is 19.4 Å². The molecule has 0 aliphatic heterocycles. The van der Waals surface area contributed by atoms with Crippen LogP contribution in [0.5, 0.6) is 0 Å². The Morgan fingerprint density at radius 3 is 2.50 bits per heavy atom. The molecular formula is C13H25ClO3S. The van der Waals surface area contributed by atoms with E-state index < -0.39 is 9.05 Å². The summed E-state index contributed by atoms with van der Waals surface area (Å²) in [6, 6.07) is 0. The van der Waals surface area contributed by atoms with Crippen LogP contribution in [0.4, 0.5) is 0 Å². The van der Waals surface area contributed by atoms with E-state index in [2.05, 4.69) is 6.92 Å².